The molecule has 1 aromatic carbocycles. The van der Waals surface area contributed by atoms with Gasteiger partial charge in [0.1, 0.15) is 0 Å². The molecule has 2 aliphatic heterocycles. The summed E-state index contributed by atoms with van der Waals surface area (Å²) >= 11 is 5.43. The fourth-order valence-electron chi connectivity index (χ4n) is 4.96. The summed E-state index contributed by atoms with van der Waals surface area (Å²) in [5.41, 5.74) is 1.000. The number of amides is 2. The largest absolute Gasteiger partial charge is 0.343 e. The SMILES string of the molecule is C[C@@H]1C[C@@H](C)CN(C(=O)c2ccc3c(=O)n(CCCN4CCCC4=O)c(=S)[nH]c3c2)C1. The van der Waals surface area contributed by atoms with Crippen molar-refractivity contribution in [3.63, 3.8) is 0 Å². The van der Waals surface area contributed by atoms with E-state index < -0.39 is 0 Å². The van der Waals surface area contributed by atoms with Crippen molar-refractivity contribution in [2.24, 2.45) is 11.8 Å². The lowest BCUT2D eigenvalue weighted by Gasteiger charge is -2.35. The Morgan fingerprint density at radius 2 is 1.90 bits per heavy atom. The molecule has 3 heterocycles. The molecular weight excluding hydrogens is 412 g/mol. The van der Waals surface area contributed by atoms with Crippen molar-refractivity contribution in [1.29, 1.82) is 0 Å². The first-order valence-corrected chi connectivity index (χ1v) is 11.6. The number of aromatic nitrogens is 2. The predicted molar refractivity (Wildman–Crippen MR) is 123 cm³/mol. The van der Waals surface area contributed by atoms with Crippen molar-refractivity contribution >= 4 is 34.9 Å². The molecule has 2 aromatic rings. The molecule has 1 N–H and O–H groups in total. The van der Waals surface area contributed by atoms with Gasteiger partial charge in [0, 0.05) is 44.7 Å². The Morgan fingerprint density at radius 1 is 1.16 bits per heavy atom. The quantitative estimate of drug-likeness (QED) is 0.722. The molecule has 166 valence electrons. The number of nitrogens with one attached hydrogen (secondary N) is 1. The number of fused-ring (bicyclic) bond motifs is 1. The maximum atomic E-state index is 13.0. The molecule has 31 heavy (non-hydrogen) atoms. The molecule has 2 atom stereocenters. The highest BCUT2D eigenvalue weighted by molar-refractivity contribution is 7.71. The number of nitrogens with zero attached hydrogens (tertiary/aromatic N) is 3. The topological polar surface area (TPSA) is 78.4 Å². The van der Waals surface area contributed by atoms with Gasteiger partial charge in [0.05, 0.1) is 10.9 Å². The van der Waals surface area contributed by atoms with Crippen LogP contribution in [0.25, 0.3) is 10.9 Å². The van der Waals surface area contributed by atoms with E-state index in [1.54, 1.807) is 22.8 Å². The van der Waals surface area contributed by atoms with Gasteiger partial charge < -0.3 is 14.8 Å². The van der Waals surface area contributed by atoms with Crippen LogP contribution >= 0.6 is 12.2 Å². The van der Waals surface area contributed by atoms with Crippen LogP contribution in [0.1, 0.15) is 49.9 Å². The van der Waals surface area contributed by atoms with Crippen molar-refractivity contribution in [3.8, 4) is 0 Å². The molecule has 2 aliphatic rings. The third-order valence-corrected chi connectivity index (χ3v) is 6.69. The number of H-pyrrole nitrogens is 1. The molecule has 1 aromatic heterocycles. The molecule has 0 saturated carbocycles. The minimum atomic E-state index is -0.161. The number of piperidine rings is 1. The van der Waals surface area contributed by atoms with Gasteiger partial charge in [0.2, 0.25) is 5.91 Å². The molecule has 2 amide bonds. The fraction of sp³-hybridized carbons (Fsp3) is 0.565. The number of benzene rings is 1. The van der Waals surface area contributed by atoms with E-state index in [9.17, 15) is 14.4 Å². The van der Waals surface area contributed by atoms with Crippen LogP contribution in [0.4, 0.5) is 0 Å². The normalized spacial score (nSPS) is 21.8. The Labute approximate surface area is 187 Å². The monoisotopic (exact) mass is 442 g/mol. The van der Waals surface area contributed by atoms with Gasteiger partial charge in [0.25, 0.3) is 11.5 Å². The van der Waals surface area contributed by atoms with Gasteiger partial charge in [-0.25, -0.2) is 0 Å². The number of rotatable bonds is 5. The highest BCUT2D eigenvalue weighted by Gasteiger charge is 2.26. The highest BCUT2D eigenvalue weighted by atomic mass is 32.1. The maximum Gasteiger partial charge on any atom is 0.262 e. The summed E-state index contributed by atoms with van der Waals surface area (Å²) in [6.45, 7) is 7.77. The van der Waals surface area contributed by atoms with E-state index in [0.29, 0.717) is 59.0 Å². The summed E-state index contributed by atoms with van der Waals surface area (Å²) in [5.74, 6) is 1.16. The van der Waals surface area contributed by atoms with Crippen LogP contribution in [-0.2, 0) is 11.3 Å². The van der Waals surface area contributed by atoms with Crippen molar-refractivity contribution in [3.05, 3.63) is 38.9 Å². The Kier molecular flexibility index (Phi) is 6.27. The van der Waals surface area contributed by atoms with Crippen LogP contribution < -0.4 is 5.56 Å². The lowest BCUT2D eigenvalue weighted by molar-refractivity contribution is -0.127. The predicted octanol–water partition coefficient (Wildman–Crippen LogP) is 3.19. The summed E-state index contributed by atoms with van der Waals surface area (Å²) in [4.78, 5) is 44.7. The van der Waals surface area contributed by atoms with Crippen LogP contribution in [0.3, 0.4) is 0 Å². The zero-order valence-electron chi connectivity index (χ0n) is 18.2. The van der Waals surface area contributed by atoms with E-state index in [2.05, 4.69) is 18.8 Å². The first-order valence-electron chi connectivity index (χ1n) is 11.2. The number of likely N-dealkylation sites (tertiary alicyclic amines) is 2. The van der Waals surface area contributed by atoms with E-state index in [-0.39, 0.29) is 17.4 Å². The molecule has 7 nitrogen and oxygen atoms in total. The van der Waals surface area contributed by atoms with Gasteiger partial charge >= 0.3 is 0 Å². The third kappa shape index (κ3) is 4.59. The Morgan fingerprint density at radius 3 is 2.58 bits per heavy atom. The average Bonchev–Trinajstić information content (AvgIpc) is 3.13. The highest BCUT2D eigenvalue weighted by Crippen LogP contribution is 2.23. The molecular formula is C23H30N4O3S. The number of hydrogen-bond acceptors (Lipinski definition) is 4. The molecule has 4 rings (SSSR count). The maximum absolute atomic E-state index is 13.0. The minimum absolute atomic E-state index is 0.000854. The molecule has 0 radical (unpaired) electrons. The lowest BCUT2D eigenvalue weighted by atomic mass is 9.91. The van der Waals surface area contributed by atoms with E-state index in [1.807, 2.05) is 9.80 Å². The van der Waals surface area contributed by atoms with Crippen molar-refractivity contribution in [2.75, 3.05) is 26.2 Å². The van der Waals surface area contributed by atoms with Crippen LogP contribution in [0.15, 0.2) is 23.0 Å². The summed E-state index contributed by atoms with van der Waals surface area (Å²) in [6, 6.07) is 5.19. The van der Waals surface area contributed by atoms with Gasteiger partial charge in [-0.3, -0.25) is 19.0 Å². The van der Waals surface area contributed by atoms with E-state index in [0.717, 1.165) is 32.5 Å². The van der Waals surface area contributed by atoms with Gasteiger partial charge in [-0.05, 0) is 61.5 Å². The standard InChI is InChI=1S/C23H30N4O3S/c1-15-11-16(2)14-26(13-15)21(29)17-6-7-18-19(12-17)24-23(31)27(22(18)30)10-4-9-25-8-3-5-20(25)28/h6-7,12,15-16H,3-5,8-11,13-14H2,1-2H3,(H,24,31)/t15-,16-/m1/s1. The lowest BCUT2D eigenvalue weighted by Crippen LogP contribution is -2.42. The molecule has 0 spiro atoms. The van der Waals surface area contributed by atoms with Gasteiger partial charge in [-0.15, -0.1) is 0 Å². The second-order valence-corrected chi connectivity index (χ2v) is 9.53. The summed E-state index contributed by atoms with van der Waals surface area (Å²) in [7, 11) is 0. The molecule has 0 bridgehead atoms. The van der Waals surface area contributed by atoms with Crippen molar-refractivity contribution in [2.45, 2.75) is 46.1 Å². The number of aromatic amines is 1. The third-order valence-electron chi connectivity index (χ3n) is 6.37. The number of carbonyl (C=O) groups excluding carboxylic acids is 2. The first-order chi connectivity index (χ1) is 14.8. The van der Waals surface area contributed by atoms with E-state index in [1.165, 1.54) is 0 Å². The van der Waals surface area contributed by atoms with Gasteiger partial charge in [-0.1, -0.05) is 13.8 Å². The molecule has 8 heteroatoms. The minimum Gasteiger partial charge on any atom is -0.343 e. The zero-order valence-corrected chi connectivity index (χ0v) is 19.0. The fourth-order valence-corrected chi connectivity index (χ4v) is 5.25. The summed E-state index contributed by atoms with van der Waals surface area (Å²) < 4.78 is 1.89. The zero-order chi connectivity index (χ0) is 22.1. The number of hydrogen-bond donors (Lipinski definition) is 1. The van der Waals surface area contributed by atoms with Crippen molar-refractivity contribution in [1.82, 2.24) is 19.4 Å². The van der Waals surface area contributed by atoms with Crippen LogP contribution in [0.2, 0.25) is 0 Å². The van der Waals surface area contributed by atoms with Crippen LogP contribution in [0, 0.1) is 16.6 Å². The molecule has 2 saturated heterocycles. The summed E-state index contributed by atoms with van der Waals surface area (Å²) in [6.07, 6.45) is 3.34. The summed E-state index contributed by atoms with van der Waals surface area (Å²) in [5, 5.41) is 0.516. The molecule has 0 aliphatic carbocycles. The second-order valence-electron chi connectivity index (χ2n) is 9.14. The Balaban J connectivity index is 1.53. The molecule has 2 fully saturated rings. The van der Waals surface area contributed by atoms with Crippen LogP contribution in [0.5, 0.6) is 0 Å². The van der Waals surface area contributed by atoms with Gasteiger partial charge in [-0.2, -0.15) is 0 Å². The Hall–Kier alpha value is -2.48. The molecule has 0 unspecified atom stereocenters. The van der Waals surface area contributed by atoms with E-state index in [4.69, 9.17) is 12.2 Å². The average molecular weight is 443 g/mol. The van der Waals surface area contributed by atoms with Crippen LogP contribution in [-0.4, -0.2) is 57.3 Å². The van der Waals surface area contributed by atoms with E-state index >= 15 is 0 Å². The smallest absolute Gasteiger partial charge is 0.262 e. The second kappa shape index (κ2) is 8.94. The Bertz CT molecular complexity index is 1110. The first kappa shape index (κ1) is 21.7. The van der Waals surface area contributed by atoms with Crippen molar-refractivity contribution < 1.29 is 9.59 Å². The number of carbonyl (C=O) groups is 2. The van der Waals surface area contributed by atoms with Gasteiger partial charge in [0.15, 0.2) is 4.77 Å².